The lowest BCUT2D eigenvalue weighted by atomic mass is 9.81. The monoisotopic (exact) mass is 805 g/mol. The Kier molecular flexibility index (Phi) is 12.5. The molecule has 0 saturated heterocycles. The number of rotatable bonds is 16. The lowest BCUT2D eigenvalue weighted by Gasteiger charge is -2.25. The van der Waals surface area contributed by atoms with Crippen molar-refractivity contribution in [2.75, 3.05) is 31.1 Å². The molecule has 3 N–H and O–H groups in total. The summed E-state index contributed by atoms with van der Waals surface area (Å²) in [5.74, 6) is -0.940. The van der Waals surface area contributed by atoms with Crippen molar-refractivity contribution in [1.29, 1.82) is 0 Å². The molecular weight excluding hydrogens is 757 g/mol. The second-order valence-electron chi connectivity index (χ2n) is 14.8. The number of carbonyl (C=O) groups excluding carboxylic acids is 3. The molecule has 298 valence electrons. The Morgan fingerprint density at radius 1 is 0.786 bits per heavy atom. The van der Waals surface area contributed by atoms with E-state index in [2.05, 4.69) is 14.8 Å². The summed E-state index contributed by atoms with van der Waals surface area (Å²) in [7, 11) is -8.76. The molecule has 0 unspecified atom stereocenters. The zero-order valence-corrected chi connectivity index (χ0v) is 33.9. The van der Waals surface area contributed by atoms with Gasteiger partial charge in [0.05, 0.1) is 15.2 Å². The smallest absolute Gasteiger partial charge is 0.294 e. The van der Waals surface area contributed by atoms with Crippen LogP contribution in [0.25, 0.3) is 0 Å². The summed E-state index contributed by atoms with van der Waals surface area (Å²) in [6.07, 6.45) is 18.3. The van der Waals surface area contributed by atoms with E-state index >= 15 is 0 Å². The zero-order chi connectivity index (χ0) is 41.1. The molecule has 56 heavy (non-hydrogen) atoms. The molecule has 0 spiro atoms. The Hall–Kier alpha value is -4.96. The molecule has 3 heterocycles. The molecule has 0 saturated carbocycles. The summed E-state index contributed by atoms with van der Waals surface area (Å²) < 4.78 is 69.2. The first-order valence-corrected chi connectivity index (χ1v) is 21.4. The third-order valence-corrected chi connectivity index (χ3v) is 12.1. The molecule has 0 aliphatic carbocycles. The van der Waals surface area contributed by atoms with E-state index in [9.17, 15) is 40.3 Å². The molecule has 3 aliphatic heterocycles. The topological polar surface area (TPSA) is 181 Å². The molecule has 0 atom stereocenters. The van der Waals surface area contributed by atoms with E-state index < -0.39 is 31.1 Å². The first kappa shape index (κ1) is 42.2. The van der Waals surface area contributed by atoms with Crippen molar-refractivity contribution in [2.24, 2.45) is 0 Å². The minimum Gasteiger partial charge on any atom is -0.354 e. The van der Waals surface area contributed by atoms with Crippen LogP contribution in [0.2, 0.25) is 0 Å². The van der Waals surface area contributed by atoms with Crippen molar-refractivity contribution < 1.29 is 44.9 Å². The molecule has 15 heteroatoms. The minimum atomic E-state index is -4.41. The molecule has 2 aromatic carbocycles. The highest BCUT2D eigenvalue weighted by molar-refractivity contribution is 7.86. The summed E-state index contributed by atoms with van der Waals surface area (Å²) in [5, 5.41) is 2.76. The fourth-order valence-electron chi connectivity index (χ4n) is 7.48. The summed E-state index contributed by atoms with van der Waals surface area (Å²) in [6, 6.07) is 9.27. The van der Waals surface area contributed by atoms with Gasteiger partial charge in [-0.05, 0) is 75.6 Å². The first-order chi connectivity index (χ1) is 26.3. The largest absolute Gasteiger partial charge is 0.354 e. The van der Waals surface area contributed by atoms with Gasteiger partial charge in [-0.1, -0.05) is 44.2 Å². The molecule has 3 amide bonds. The van der Waals surface area contributed by atoms with Gasteiger partial charge in [-0.2, -0.15) is 21.4 Å². The van der Waals surface area contributed by atoms with Crippen molar-refractivity contribution in [3.63, 3.8) is 0 Å². The number of nitrogens with one attached hydrogen (secondary N) is 1. The summed E-state index contributed by atoms with van der Waals surface area (Å²) >= 11 is 0. The number of hydrogen-bond acceptors (Lipinski definition) is 8. The Balaban J connectivity index is 1.26. The SMILES string of the molecule is CCN1\C(=C/C=C/C=C/C=C/C2=[N+](CCCCCC(=O)NCCN3C(=O)C=CC3=O)c3ccc(S(=O)(=O)O)cc3C2(C)C)C(C)(C)c2cc(S(=O)(=O)O)ccc21. The number of imide groups is 1. The van der Waals surface area contributed by atoms with Gasteiger partial charge in [-0.15, -0.1) is 0 Å². The van der Waals surface area contributed by atoms with E-state index in [0.29, 0.717) is 25.9 Å². The summed E-state index contributed by atoms with van der Waals surface area (Å²) in [5.41, 5.74) is 4.09. The van der Waals surface area contributed by atoms with Crippen molar-refractivity contribution in [3.8, 4) is 0 Å². The maximum atomic E-state index is 12.4. The van der Waals surface area contributed by atoms with Gasteiger partial charge in [0.15, 0.2) is 5.71 Å². The predicted molar refractivity (Wildman–Crippen MR) is 214 cm³/mol. The van der Waals surface area contributed by atoms with Gasteiger partial charge in [0, 0.05) is 79.1 Å². The van der Waals surface area contributed by atoms with E-state index in [1.54, 1.807) is 12.1 Å². The number of hydrogen-bond donors (Lipinski definition) is 3. The van der Waals surface area contributed by atoms with Gasteiger partial charge < -0.3 is 10.2 Å². The average Bonchev–Trinajstić information content (AvgIpc) is 3.64. The van der Waals surface area contributed by atoms with Gasteiger partial charge in [0.2, 0.25) is 11.6 Å². The van der Waals surface area contributed by atoms with Crippen LogP contribution in [0.3, 0.4) is 0 Å². The molecule has 2 aromatic rings. The Morgan fingerprint density at radius 2 is 1.39 bits per heavy atom. The fraction of sp³-hybridized carbons (Fsp3) is 0.366. The fourth-order valence-corrected chi connectivity index (χ4v) is 8.49. The third-order valence-electron chi connectivity index (χ3n) is 10.4. The van der Waals surface area contributed by atoms with Crippen LogP contribution in [0, 0.1) is 0 Å². The summed E-state index contributed by atoms with van der Waals surface area (Å²) in [4.78, 5) is 38.6. The van der Waals surface area contributed by atoms with Crippen molar-refractivity contribution in [3.05, 3.63) is 108 Å². The van der Waals surface area contributed by atoms with E-state index in [1.165, 1.54) is 36.4 Å². The molecule has 5 rings (SSSR count). The standard InChI is InChI=1S/C41H48N4O9S2/c1-6-43-33-20-18-29(55(49,50)51)27-31(33)40(2,3)35(43)15-11-8-7-9-12-16-36-41(4,5)32-28-30(56(52,53)54)19-21-34(32)44(36)25-14-10-13-17-37(46)42-24-26-45-38(47)22-23-39(45)48/h7-9,11-12,15-16,18-23,27-28H,6,10,13-14,17,24-26H2,1-5H3,(H2-,42,46,49,50,51,52,53,54)/p+1. The number of benzene rings is 2. The highest BCUT2D eigenvalue weighted by Gasteiger charge is 2.45. The van der Waals surface area contributed by atoms with Crippen LogP contribution >= 0.6 is 0 Å². The van der Waals surface area contributed by atoms with E-state index in [4.69, 9.17) is 0 Å². The number of anilines is 1. The molecular formula is C41H49N4O9S2+. The van der Waals surface area contributed by atoms with Gasteiger partial charge in [-0.25, -0.2) is 0 Å². The molecule has 13 nitrogen and oxygen atoms in total. The maximum absolute atomic E-state index is 12.4. The number of unbranched alkanes of at least 4 members (excludes halogenated alkanes) is 2. The number of fused-ring (bicyclic) bond motifs is 2. The normalized spacial score (nSPS) is 18.4. The molecule has 3 aliphatic rings. The average molecular weight is 806 g/mol. The number of carbonyl (C=O) groups is 3. The van der Waals surface area contributed by atoms with Crippen LogP contribution in [0.4, 0.5) is 11.4 Å². The quantitative estimate of drug-likeness (QED) is 0.0642. The second kappa shape index (κ2) is 16.6. The number of likely N-dealkylation sites (N-methyl/N-ethyl adjacent to an activating group) is 1. The first-order valence-electron chi connectivity index (χ1n) is 18.5. The van der Waals surface area contributed by atoms with Gasteiger partial charge in [0.1, 0.15) is 6.54 Å². The van der Waals surface area contributed by atoms with Crippen molar-refractivity contribution in [2.45, 2.75) is 80.9 Å². The van der Waals surface area contributed by atoms with Crippen molar-refractivity contribution >= 4 is 55.0 Å². The lowest BCUT2D eigenvalue weighted by Crippen LogP contribution is -2.38. The Labute approximate surface area is 329 Å². The molecule has 0 fully saturated rings. The third kappa shape index (κ3) is 9.02. The number of allylic oxidation sites excluding steroid dienone is 8. The highest BCUT2D eigenvalue weighted by Crippen LogP contribution is 2.48. The number of nitrogens with zero attached hydrogens (tertiary/aromatic N) is 3. The maximum Gasteiger partial charge on any atom is 0.294 e. The second-order valence-corrected chi connectivity index (χ2v) is 17.7. The Morgan fingerprint density at radius 3 is 2.04 bits per heavy atom. The van der Waals surface area contributed by atoms with E-state index in [1.807, 2.05) is 77.2 Å². The van der Waals surface area contributed by atoms with Gasteiger partial charge in [0.25, 0.3) is 32.1 Å². The zero-order valence-electron chi connectivity index (χ0n) is 32.2. The van der Waals surface area contributed by atoms with Crippen LogP contribution in [-0.2, 0) is 45.4 Å². The number of amides is 3. The lowest BCUT2D eigenvalue weighted by molar-refractivity contribution is -0.438. The molecule has 0 aromatic heterocycles. The minimum absolute atomic E-state index is 0.116. The molecule has 0 bridgehead atoms. The van der Waals surface area contributed by atoms with E-state index in [-0.39, 0.29) is 40.6 Å². The van der Waals surface area contributed by atoms with Crippen LogP contribution in [0.5, 0.6) is 0 Å². The molecule has 0 radical (unpaired) electrons. The predicted octanol–water partition coefficient (Wildman–Crippen LogP) is 5.53. The van der Waals surface area contributed by atoms with Crippen LogP contribution in [0.1, 0.15) is 71.4 Å². The van der Waals surface area contributed by atoms with E-state index in [0.717, 1.165) is 51.7 Å². The summed E-state index contributed by atoms with van der Waals surface area (Å²) in [6.45, 7) is 11.6. The highest BCUT2D eigenvalue weighted by atomic mass is 32.2. The Bertz CT molecular complexity index is 2320. The van der Waals surface area contributed by atoms with Crippen LogP contribution in [0.15, 0.2) is 107 Å². The van der Waals surface area contributed by atoms with Crippen LogP contribution in [-0.4, -0.2) is 85.0 Å². The van der Waals surface area contributed by atoms with Gasteiger partial charge >= 0.3 is 0 Å². The van der Waals surface area contributed by atoms with Gasteiger partial charge in [-0.3, -0.25) is 28.4 Å². The van der Waals surface area contributed by atoms with Crippen molar-refractivity contribution in [1.82, 2.24) is 10.2 Å². The van der Waals surface area contributed by atoms with Crippen LogP contribution < -0.4 is 10.2 Å².